The monoisotopic (exact) mass is 425 g/mol. The van der Waals surface area contributed by atoms with Gasteiger partial charge in [-0.15, -0.1) is 0 Å². The van der Waals surface area contributed by atoms with Crippen LogP contribution in [0, 0.1) is 5.92 Å². The summed E-state index contributed by atoms with van der Waals surface area (Å²) in [7, 11) is 1.62. The highest BCUT2D eigenvalue weighted by Gasteiger charge is 2.15. The smallest absolute Gasteiger partial charge is 0.262 e. The van der Waals surface area contributed by atoms with E-state index in [0.29, 0.717) is 28.5 Å². The standard InChI is InChI=1S/C23H27N3O3S/c1-15(2)16(3)24-21(27)14-30-23-25-20-8-6-5-7-19(20)22(28)26(23)13-17-9-11-18(29-4)12-10-17/h5-12,15-16H,13-14H2,1-4H3,(H,24,27)/t16-/m1/s1. The van der Waals surface area contributed by atoms with Gasteiger partial charge in [0.05, 0.1) is 30.3 Å². The van der Waals surface area contributed by atoms with Crippen LogP contribution in [0.2, 0.25) is 0 Å². The number of para-hydroxylation sites is 1. The van der Waals surface area contributed by atoms with Gasteiger partial charge in [-0.2, -0.15) is 0 Å². The molecule has 1 N–H and O–H groups in total. The molecule has 1 heterocycles. The largest absolute Gasteiger partial charge is 0.497 e. The van der Waals surface area contributed by atoms with Crippen LogP contribution in [0.1, 0.15) is 26.3 Å². The molecule has 30 heavy (non-hydrogen) atoms. The lowest BCUT2D eigenvalue weighted by Gasteiger charge is -2.18. The first kappa shape index (κ1) is 21.9. The molecule has 0 bridgehead atoms. The maximum Gasteiger partial charge on any atom is 0.262 e. The predicted octanol–water partition coefficient (Wildman–Crippen LogP) is 3.71. The molecular weight excluding hydrogens is 398 g/mol. The average Bonchev–Trinajstić information content (AvgIpc) is 2.75. The molecule has 1 aromatic heterocycles. The Balaban J connectivity index is 1.90. The van der Waals surface area contributed by atoms with Gasteiger partial charge in [-0.05, 0) is 42.7 Å². The molecule has 0 aliphatic rings. The summed E-state index contributed by atoms with van der Waals surface area (Å²) >= 11 is 1.28. The first-order chi connectivity index (χ1) is 14.4. The average molecular weight is 426 g/mol. The quantitative estimate of drug-likeness (QED) is 0.440. The van der Waals surface area contributed by atoms with Crippen LogP contribution in [0.5, 0.6) is 5.75 Å². The van der Waals surface area contributed by atoms with Gasteiger partial charge in [0.2, 0.25) is 5.91 Å². The van der Waals surface area contributed by atoms with Gasteiger partial charge in [-0.25, -0.2) is 4.98 Å². The van der Waals surface area contributed by atoms with Gasteiger partial charge in [-0.3, -0.25) is 14.2 Å². The highest BCUT2D eigenvalue weighted by atomic mass is 32.2. The van der Waals surface area contributed by atoms with Crippen molar-refractivity contribution in [3.63, 3.8) is 0 Å². The first-order valence-corrected chi connectivity index (χ1v) is 10.9. The third-order valence-corrected chi connectivity index (χ3v) is 6.02. The lowest BCUT2D eigenvalue weighted by atomic mass is 10.1. The molecule has 0 saturated heterocycles. The molecule has 6 nitrogen and oxygen atoms in total. The van der Waals surface area contributed by atoms with E-state index in [1.165, 1.54) is 11.8 Å². The molecule has 0 aliphatic heterocycles. The summed E-state index contributed by atoms with van der Waals surface area (Å²) in [4.78, 5) is 30.2. The second-order valence-corrected chi connectivity index (χ2v) is 8.48. The molecule has 0 radical (unpaired) electrons. The summed E-state index contributed by atoms with van der Waals surface area (Å²) in [5.41, 5.74) is 1.47. The van der Waals surface area contributed by atoms with E-state index in [-0.39, 0.29) is 23.3 Å². The molecule has 0 aliphatic carbocycles. The fraction of sp³-hybridized carbons (Fsp3) is 0.348. The van der Waals surface area contributed by atoms with E-state index in [0.717, 1.165) is 11.3 Å². The Morgan fingerprint density at radius 3 is 2.50 bits per heavy atom. The molecule has 3 rings (SSSR count). The first-order valence-electron chi connectivity index (χ1n) is 9.93. The normalized spacial score (nSPS) is 12.2. The number of carbonyl (C=O) groups excluding carboxylic acids is 1. The number of hydrogen-bond donors (Lipinski definition) is 1. The van der Waals surface area contributed by atoms with Gasteiger partial charge >= 0.3 is 0 Å². The molecule has 0 unspecified atom stereocenters. The Kier molecular flexibility index (Phi) is 7.15. The molecule has 1 atom stereocenters. The highest BCUT2D eigenvalue weighted by molar-refractivity contribution is 7.99. The van der Waals surface area contributed by atoms with E-state index in [4.69, 9.17) is 4.74 Å². The van der Waals surface area contributed by atoms with Crippen LogP contribution >= 0.6 is 11.8 Å². The van der Waals surface area contributed by atoms with Crippen molar-refractivity contribution >= 4 is 28.6 Å². The zero-order valence-corrected chi connectivity index (χ0v) is 18.5. The number of carbonyl (C=O) groups is 1. The van der Waals surface area contributed by atoms with Crippen LogP contribution in [0.3, 0.4) is 0 Å². The van der Waals surface area contributed by atoms with Crippen LogP contribution in [0.4, 0.5) is 0 Å². The van der Waals surface area contributed by atoms with Gasteiger partial charge < -0.3 is 10.1 Å². The van der Waals surface area contributed by atoms with Gasteiger partial charge in [0.15, 0.2) is 5.16 Å². The van der Waals surface area contributed by atoms with Crippen molar-refractivity contribution in [3.05, 3.63) is 64.4 Å². The lowest BCUT2D eigenvalue weighted by molar-refractivity contribution is -0.119. The van der Waals surface area contributed by atoms with Crippen molar-refractivity contribution in [2.45, 2.75) is 38.5 Å². The maximum absolute atomic E-state index is 13.2. The predicted molar refractivity (Wildman–Crippen MR) is 121 cm³/mol. The lowest BCUT2D eigenvalue weighted by Crippen LogP contribution is -2.37. The Labute approximate surface area is 180 Å². The summed E-state index contributed by atoms with van der Waals surface area (Å²) in [6.07, 6.45) is 0. The Hall–Kier alpha value is -2.80. The van der Waals surface area contributed by atoms with Gasteiger partial charge in [-0.1, -0.05) is 49.9 Å². The molecule has 0 spiro atoms. The Bertz CT molecular complexity index is 1080. The number of nitrogens with one attached hydrogen (secondary N) is 1. The van der Waals surface area contributed by atoms with E-state index in [9.17, 15) is 9.59 Å². The van der Waals surface area contributed by atoms with E-state index >= 15 is 0 Å². The molecule has 158 valence electrons. The van der Waals surface area contributed by atoms with Crippen LogP contribution in [-0.2, 0) is 11.3 Å². The second-order valence-electron chi connectivity index (χ2n) is 7.54. The molecule has 7 heteroatoms. The fourth-order valence-corrected chi connectivity index (χ4v) is 3.71. The molecule has 3 aromatic rings. The second kappa shape index (κ2) is 9.80. The summed E-state index contributed by atoms with van der Waals surface area (Å²) < 4.78 is 6.84. The molecule has 2 aromatic carbocycles. The van der Waals surface area contributed by atoms with Crippen LogP contribution in [0.25, 0.3) is 10.9 Å². The van der Waals surface area contributed by atoms with Crippen LogP contribution < -0.4 is 15.6 Å². The van der Waals surface area contributed by atoms with E-state index in [2.05, 4.69) is 24.1 Å². The number of methoxy groups -OCH3 is 1. The summed E-state index contributed by atoms with van der Waals surface area (Å²) in [5, 5.41) is 4.09. The van der Waals surface area contributed by atoms with Crippen LogP contribution in [0.15, 0.2) is 58.5 Å². The minimum atomic E-state index is -0.116. The van der Waals surface area contributed by atoms with E-state index in [1.807, 2.05) is 49.4 Å². The Morgan fingerprint density at radius 2 is 1.83 bits per heavy atom. The number of benzene rings is 2. The zero-order chi connectivity index (χ0) is 21.7. The summed E-state index contributed by atoms with van der Waals surface area (Å²) in [6, 6.07) is 14.9. The SMILES string of the molecule is COc1ccc(Cn2c(SCC(=O)N[C@H](C)C(C)C)nc3ccccc3c2=O)cc1. The third-order valence-electron chi connectivity index (χ3n) is 5.05. The number of amides is 1. The number of nitrogens with zero attached hydrogens (tertiary/aromatic N) is 2. The fourth-order valence-electron chi connectivity index (χ4n) is 2.90. The van der Waals surface area contributed by atoms with Crippen molar-refractivity contribution in [2.24, 2.45) is 5.92 Å². The number of rotatable bonds is 8. The van der Waals surface area contributed by atoms with Crippen molar-refractivity contribution in [1.82, 2.24) is 14.9 Å². The zero-order valence-electron chi connectivity index (χ0n) is 17.7. The van der Waals surface area contributed by atoms with E-state index in [1.54, 1.807) is 17.7 Å². The minimum absolute atomic E-state index is 0.0698. The number of aromatic nitrogens is 2. The highest BCUT2D eigenvalue weighted by Crippen LogP contribution is 2.20. The Morgan fingerprint density at radius 1 is 1.13 bits per heavy atom. The van der Waals surface area contributed by atoms with Crippen molar-refractivity contribution in [1.29, 1.82) is 0 Å². The van der Waals surface area contributed by atoms with Gasteiger partial charge in [0.25, 0.3) is 5.56 Å². The topological polar surface area (TPSA) is 73.2 Å². The number of thioether (sulfide) groups is 1. The molecule has 1 amide bonds. The van der Waals surface area contributed by atoms with Crippen molar-refractivity contribution < 1.29 is 9.53 Å². The summed E-state index contributed by atoms with van der Waals surface area (Å²) in [6.45, 7) is 6.49. The molecule has 0 saturated carbocycles. The number of hydrogen-bond acceptors (Lipinski definition) is 5. The summed E-state index contributed by atoms with van der Waals surface area (Å²) in [5.74, 6) is 1.24. The minimum Gasteiger partial charge on any atom is -0.497 e. The van der Waals surface area contributed by atoms with E-state index < -0.39 is 0 Å². The molecular formula is C23H27N3O3S. The van der Waals surface area contributed by atoms with Gasteiger partial charge in [0, 0.05) is 6.04 Å². The molecule has 0 fully saturated rings. The maximum atomic E-state index is 13.2. The number of ether oxygens (including phenoxy) is 1. The van der Waals surface area contributed by atoms with Crippen molar-refractivity contribution in [3.8, 4) is 5.75 Å². The third kappa shape index (κ3) is 5.21. The van der Waals surface area contributed by atoms with Crippen molar-refractivity contribution in [2.75, 3.05) is 12.9 Å². The van der Waals surface area contributed by atoms with Gasteiger partial charge in [0.1, 0.15) is 5.75 Å². The number of fused-ring (bicyclic) bond motifs is 1. The van der Waals surface area contributed by atoms with Crippen LogP contribution in [-0.4, -0.2) is 34.4 Å².